The van der Waals surface area contributed by atoms with Crippen molar-refractivity contribution >= 4 is 23.2 Å². The maximum atomic E-state index is 11.7. The molecule has 0 bridgehead atoms. The lowest BCUT2D eigenvalue weighted by molar-refractivity contribution is 0.0858. The monoisotopic (exact) mass is 228 g/mol. The van der Waals surface area contributed by atoms with Gasteiger partial charge in [-0.1, -0.05) is 11.6 Å². The molecule has 1 aromatic rings. The van der Waals surface area contributed by atoms with Crippen LogP contribution in [-0.4, -0.2) is 25.0 Å². The van der Waals surface area contributed by atoms with Crippen molar-refractivity contribution in [1.82, 2.24) is 10.4 Å². The Bertz CT molecular complexity index is 367. The zero-order chi connectivity index (χ0) is 11.4. The van der Waals surface area contributed by atoms with Gasteiger partial charge < -0.3 is 5.43 Å². The highest BCUT2D eigenvalue weighted by Gasteiger charge is 2.11. The second-order valence-electron chi connectivity index (χ2n) is 3.17. The minimum atomic E-state index is -0.268. The number of hydrogen-bond donors (Lipinski definition) is 3. The Hall–Kier alpha value is -1.30. The van der Waals surface area contributed by atoms with Crippen molar-refractivity contribution in [3.8, 4) is 0 Å². The smallest absolute Gasteiger partial charge is 0.267 e. The molecular weight excluding hydrogens is 216 g/mol. The third kappa shape index (κ3) is 3.09. The molecule has 0 aromatic heterocycles. The van der Waals surface area contributed by atoms with Crippen LogP contribution in [0.3, 0.4) is 0 Å². The Balaban J connectivity index is 3.00. The van der Waals surface area contributed by atoms with E-state index >= 15 is 0 Å². The fourth-order valence-corrected chi connectivity index (χ4v) is 1.27. The van der Waals surface area contributed by atoms with Crippen molar-refractivity contribution in [1.29, 1.82) is 0 Å². The first kappa shape index (κ1) is 11.8. The number of halogens is 1. The SMILES string of the molecule is CN(C)NC(=O)c1cc(Cl)ccc1NN. The lowest BCUT2D eigenvalue weighted by Gasteiger charge is -2.14. The Morgan fingerprint density at radius 2 is 2.13 bits per heavy atom. The molecule has 0 aliphatic heterocycles. The number of nitrogens with zero attached hydrogens (tertiary/aromatic N) is 1. The number of rotatable bonds is 3. The van der Waals surface area contributed by atoms with Crippen LogP contribution < -0.4 is 16.7 Å². The van der Waals surface area contributed by atoms with E-state index in [9.17, 15) is 4.79 Å². The topological polar surface area (TPSA) is 70.4 Å². The molecule has 82 valence electrons. The summed E-state index contributed by atoms with van der Waals surface area (Å²) in [7, 11) is 3.44. The van der Waals surface area contributed by atoms with Crippen molar-refractivity contribution < 1.29 is 4.79 Å². The number of nitrogen functional groups attached to an aromatic ring is 1. The molecule has 0 unspecified atom stereocenters. The molecule has 6 heteroatoms. The van der Waals surface area contributed by atoms with Crippen LogP contribution in [0.4, 0.5) is 5.69 Å². The van der Waals surface area contributed by atoms with E-state index in [1.165, 1.54) is 0 Å². The van der Waals surface area contributed by atoms with E-state index in [1.54, 1.807) is 37.3 Å². The fraction of sp³-hybridized carbons (Fsp3) is 0.222. The number of amides is 1. The molecule has 1 rings (SSSR count). The lowest BCUT2D eigenvalue weighted by atomic mass is 10.1. The summed E-state index contributed by atoms with van der Waals surface area (Å²) in [6.45, 7) is 0. The number of benzene rings is 1. The standard InChI is InChI=1S/C9H13ClN4O/c1-14(2)13-9(15)7-5-6(10)3-4-8(7)12-11/h3-5,12H,11H2,1-2H3,(H,13,15). The second-order valence-corrected chi connectivity index (χ2v) is 3.61. The molecule has 0 fully saturated rings. The number of hydrazine groups is 2. The van der Waals surface area contributed by atoms with Gasteiger partial charge in [-0.3, -0.25) is 16.1 Å². The van der Waals surface area contributed by atoms with Crippen molar-refractivity contribution in [2.24, 2.45) is 5.84 Å². The van der Waals surface area contributed by atoms with Gasteiger partial charge in [-0.25, -0.2) is 5.01 Å². The Kier molecular flexibility index (Phi) is 3.90. The van der Waals surface area contributed by atoms with E-state index in [0.29, 0.717) is 16.3 Å². The van der Waals surface area contributed by atoms with Gasteiger partial charge in [0.25, 0.3) is 5.91 Å². The van der Waals surface area contributed by atoms with Crippen molar-refractivity contribution in [2.45, 2.75) is 0 Å². The first-order valence-corrected chi connectivity index (χ1v) is 4.67. The van der Waals surface area contributed by atoms with Crippen molar-refractivity contribution in [3.05, 3.63) is 28.8 Å². The molecular formula is C9H13ClN4O. The second kappa shape index (κ2) is 4.97. The van der Waals surface area contributed by atoms with Gasteiger partial charge in [-0.15, -0.1) is 0 Å². The molecule has 1 aromatic carbocycles. The molecule has 0 spiro atoms. The van der Waals surface area contributed by atoms with Gasteiger partial charge in [0.1, 0.15) is 0 Å². The Morgan fingerprint density at radius 1 is 1.47 bits per heavy atom. The van der Waals surface area contributed by atoms with Crippen LogP contribution in [-0.2, 0) is 0 Å². The summed E-state index contributed by atoms with van der Waals surface area (Å²) in [4.78, 5) is 11.7. The van der Waals surface area contributed by atoms with Crippen molar-refractivity contribution in [3.63, 3.8) is 0 Å². The number of carbonyl (C=O) groups is 1. The third-order valence-electron chi connectivity index (χ3n) is 1.71. The van der Waals surface area contributed by atoms with Gasteiger partial charge in [0.15, 0.2) is 0 Å². The molecule has 0 saturated carbocycles. The summed E-state index contributed by atoms with van der Waals surface area (Å²) in [6, 6.07) is 4.85. The Labute approximate surface area is 93.1 Å². The minimum absolute atomic E-state index is 0.268. The highest BCUT2D eigenvalue weighted by molar-refractivity contribution is 6.31. The van der Waals surface area contributed by atoms with Crippen LogP contribution >= 0.6 is 11.6 Å². The summed E-state index contributed by atoms with van der Waals surface area (Å²) in [5.41, 5.74) is 5.97. The quantitative estimate of drug-likeness (QED) is 0.530. The average Bonchev–Trinajstić information content (AvgIpc) is 2.16. The molecule has 4 N–H and O–H groups in total. The van der Waals surface area contributed by atoms with Gasteiger partial charge in [0, 0.05) is 19.1 Å². The molecule has 0 saturated heterocycles. The molecule has 5 nitrogen and oxygen atoms in total. The highest BCUT2D eigenvalue weighted by atomic mass is 35.5. The van der Waals surface area contributed by atoms with E-state index in [1.807, 2.05) is 0 Å². The number of nitrogens with two attached hydrogens (primary N) is 1. The zero-order valence-electron chi connectivity index (χ0n) is 8.54. The summed E-state index contributed by atoms with van der Waals surface area (Å²) < 4.78 is 0. The number of carbonyl (C=O) groups excluding carboxylic acids is 1. The maximum Gasteiger partial charge on any atom is 0.267 e. The van der Waals surface area contributed by atoms with Crippen LogP contribution in [0.25, 0.3) is 0 Å². The number of hydrogen-bond acceptors (Lipinski definition) is 4. The average molecular weight is 229 g/mol. The summed E-state index contributed by atoms with van der Waals surface area (Å²) in [6.07, 6.45) is 0. The van der Waals surface area contributed by atoms with Crippen LogP contribution in [0.15, 0.2) is 18.2 Å². The molecule has 15 heavy (non-hydrogen) atoms. The first-order chi connectivity index (χ1) is 7.04. The van der Waals surface area contributed by atoms with Gasteiger partial charge in [-0.2, -0.15) is 0 Å². The van der Waals surface area contributed by atoms with E-state index in [-0.39, 0.29) is 5.91 Å². The maximum absolute atomic E-state index is 11.7. The fourth-order valence-electron chi connectivity index (χ4n) is 1.09. The van der Waals surface area contributed by atoms with Crippen LogP contribution in [0.2, 0.25) is 5.02 Å². The van der Waals surface area contributed by atoms with Gasteiger partial charge >= 0.3 is 0 Å². The molecule has 0 heterocycles. The largest absolute Gasteiger partial charge is 0.323 e. The molecule has 1 amide bonds. The van der Waals surface area contributed by atoms with E-state index in [0.717, 1.165) is 0 Å². The van der Waals surface area contributed by atoms with Gasteiger partial charge in [-0.05, 0) is 18.2 Å². The molecule has 0 radical (unpaired) electrons. The minimum Gasteiger partial charge on any atom is -0.323 e. The lowest BCUT2D eigenvalue weighted by Crippen LogP contribution is -2.36. The Morgan fingerprint density at radius 3 is 2.67 bits per heavy atom. The van der Waals surface area contributed by atoms with E-state index in [2.05, 4.69) is 10.9 Å². The molecule has 0 aliphatic rings. The molecule has 0 aliphatic carbocycles. The van der Waals surface area contributed by atoms with Gasteiger partial charge in [0.05, 0.1) is 11.3 Å². The summed E-state index contributed by atoms with van der Waals surface area (Å²) in [5, 5.41) is 2.03. The highest BCUT2D eigenvalue weighted by Crippen LogP contribution is 2.19. The number of anilines is 1. The summed E-state index contributed by atoms with van der Waals surface area (Å²) in [5.74, 6) is 5.01. The predicted molar refractivity (Wildman–Crippen MR) is 60.4 cm³/mol. The predicted octanol–water partition coefficient (Wildman–Crippen LogP) is 0.832. The van der Waals surface area contributed by atoms with E-state index in [4.69, 9.17) is 17.4 Å². The van der Waals surface area contributed by atoms with Gasteiger partial charge in [0.2, 0.25) is 0 Å². The number of nitrogens with one attached hydrogen (secondary N) is 2. The van der Waals surface area contributed by atoms with Crippen LogP contribution in [0.5, 0.6) is 0 Å². The normalized spacial score (nSPS) is 10.2. The van der Waals surface area contributed by atoms with Crippen molar-refractivity contribution in [2.75, 3.05) is 19.5 Å². The van der Waals surface area contributed by atoms with E-state index < -0.39 is 0 Å². The molecule has 0 atom stereocenters. The third-order valence-corrected chi connectivity index (χ3v) is 1.94. The van der Waals surface area contributed by atoms with Crippen LogP contribution in [0, 0.1) is 0 Å². The first-order valence-electron chi connectivity index (χ1n) is 4.29. The summed E-state index contributed by atoms with van der Waals surface area (Å²) >= 11 is 5.79. The zero-order valence-corrected chi connectivity index (χ0v) is 9.30. The van der Waals surface area contributed by atoms with Crippen LogP contribution in [0.1, 0.15) is 10.4 Å².